The summed E-state index contributed by atoms with van der Waals surface area (Å²) in [5.41, 5.74) is 0. The van der Waals surface area contributed by atoms with Crippen LogP contribution in [0.25, 0.3) is 0 Å². The summed E-state index contributed by atoms with van der Waals surface area (Å²) in [5, 5.41) is 0. The van der Waals surface area contributed by atoms with E-state index in [2.05, 4.69) is 9.88 Å². The number of esters is 1. The van der Waals surface area contributed by atoms with Crippen LogP contribution < -0.4 is 0 Å². The summed E-state index contributed by atoms with van der Waals surface area (Å²) in [7, 11) is 1.47. The Morgan fingerprint density at radius 3 is 3.11 bits per heavy atom. The number of ether oxygens (including phenoxy) is 1. The third-order valence-electron chi connectivity index (χ3n) is 4.44. The van der Waals surface area contributed by atoms with Crippen molar-refractivity contribution in [1.82, 2.24) is 9.88 Å². The zero-order valence-electron chi connectivity index (χ0n) is 11.5. The van der Waals surface area contributed by atoms with E-state index in [1.54, 1.807) is 6.20 Å². The van der Waals surface area contributed by atoms with E-state index < -0.39 is 0 Å². The van der Waals surface area contributed by atoms with Gasteiger partial charge in [-0.15, -0.1) is 0 Å². The van der Waals surface area contributed by atoms with Crippen molar-refractivity contribution in [1.29, 1.82) is 0 Å². The monoisotopic (exact) mass is 264 g/mol. The van der Waals surface area contributed by atoms with Gasteiger partial charge in [0, 0.05) is 6.54 Å². The molecule has 104 valence electrons. The minimum absolute atomic E-state index is 0.113. The predicted octanol–water partition coefficient (Wildman–Crippen LogP) is 1.76. The molecule has 1 aromatic heterocycles. The second-order valence-corrected chi connectivity index (χ2v) is 5.62. The molecule has 19 heavy (non-hydrogen) atoms. The maximum Gasteiger partial charge on any atom is 0.323 e. The second-order valence-electron chi connectivity index (χ2n) is 5.62. The van der Waals surface area contributed by atoms with Gasteiger partial charge in [-0.2, -0.15) is 0 Å². The number of aryl methyl sites for hydroxylation is 1. The first kappa shape index (κ1) is 12.7. The van der Waals surface area contributed by atoms with Crippen LogP contribution >= 0.6 is 0 Å². The summed E-state index contributed by atoms with van der Waals surface area (Å²) in [6.07, 6.45) is 5.30. The highest BCUT2D eigenvalue weighted by atomic mass is 16.5. The van der Waals surface area contributed by atoms with Crippen LogP contribution in [0.4, 0.5) is 0 Å². The number of carbonyl (C=O) groups excluding carboxylic acids is 1. The molecule has 5 nitrogen and oxygen atoms in total. The Morgan fingerprint density at radius 2 is 2.42 bits per heavy atom. The van der Waals surface area contributed by atoms with Crippen molar-refractivity contribution >= 4 is 5.97 Å². The van der Waals surface area contributed by atoms with Crippen molar-refractivity contribution in [2.75, 3.05) is 13.7 Å². The van der Waals surface area contributed by atoms with Crippen molar-refractivity contribution in [3.05, 3.63) is 17.8 Å². The molecule has 1 saturated heterocycles. The van der Waals surface area contributed by atoms with Crippen LogP contribution in [0.3, 0.4) is 0 Å². The standard InChI is InChI=1S/C14H20N2O3/c1-9-6-15-12(19-9)8-16-7-10-4-3-5-11(10)13(16)14(17)18-2/h6,10-11,13H,3-5,7-8H2,1-2H3/t10-,11+,13-/m1/s1. The molecule has 1 aliphatic heterocycles. The minimum atomic E-state index is -0.121. The number of nitrogens with zero attached hydrogens (tertiary/aromatic N) is 2. The molecule has 0 aromatic carbocycles. The fraction of sp³-hybridized carbons (Fsp3) is 0.714. The third kappa shape index (κ3) is 2.27. The number of hydrogen-bond acceptors (Lipinski definition) is 5. The molecular weight excluding hydrogens is 244 g/mol. The molecule has 0 unspecified atom stereocenters. The molecule has 2 heterocycles. The Labute approximate surface area is 112 Å². The van der Waals surface area contributed by atoms with E-state index in [-0.39, 0.29) is 12.0 Å². The molecule has 2 fully saturated rings. The zero-order valence-corrected chi connectivity index (χ0v) is 11.5. The van der Waals surface area contributed by atoms with Crippen molar-refractivity contribution < 1.29 is 13.9 Å². The lowest BCUT2D eigenvalue weighted by Gasteiger charge is -2.24. The number of rotatable bonds is 3. The molecule has 2 aliphatic rings. The summed E-state index contributed by atoms with van der Waals surface area (Å²) in [5.74, 6) is 2.46. The Hall–Kier alpha value is -1.36. The van der Waals surface area contributed by atoms with Gasteiger partial charge in [-0.1, -0.05) is 6.42 Å². The van der Waals surface area contributed by atoms with Crippen LogP contribution in [0.5, 0.6) is 0 Å². The SMILES string of the molecule is COC(=O)[C@H]1[C@H]2CCC[C@@H]2CN1Cc1ncc(C)o1. The summed E-state index contributed by atoms with van der Waals surface area (Å²) in [6, 6.07) is -0.121. The van der Waals surface area contributed by atoms with Gasteiger partial charge in [-0.25, -0.2) is 4.98 Å². The Balaban J connectivity index is 1.77. The largest absolute Gasteiger partial charge is 0.468 e. The predicted molar refractivity (Wildman–Crippen MR) is 68.3 cm³/mol. The lowest BCUT2D eigenvalue weighted by molar-refractivity contribution is -0.147. The molecule has 1 aromatic rings. The lowest BCUT2D eigenvalue weighted by atomic mass is 9.94. The van der Waals surface area contributed by atoms with Gasteiger partial charge in [-0.05, 0) is 31.6 Å². The molecule has 0 spiro atoms. The van der Waals surface area contributed by atoms with Gasteiger partial charge < -0.3 is 9.15 Å². The van der Waals surface area contributed by atoms with Crippen molar-refractivity contribution in [2.45, 2.75) is 38.8 Å². The zero-order chi connectivity index (χ0) is 13.4. The first-order valence-corrected chi connectivity index (χ1v) is 6.92. The van der Waals surface area contributed by atoms with Crippen LogP contribution in [0.2, 0.25) is 0 Å². The smallest absolute Gasteiger partial charge is 0.323 e. The van der Waals surface area contributed by atoms with Crippen LogP contribution in [0, 0.1) is 18.8 Å². The number of methoxy groups -OCH3 is 1. The Bertz CT molecular complexity index is 471. The van der Waals surface area contributed by atoms with E-state index in [1.165, 1.54) is 20.0 Å². The average Bonchev–Trinajstić information content (AvgIpc) is 3.05. The van der Waals surface area contributed by atoms with Gasteiger partial charge in [0.05, 0.1) is 19.9 Å². The minimum Gasteiger partial charge on any atom is -0.468 e. The highest BCUT2D eigenvalue weighted by molar-refractivity contribution is 5.76. The number of carbonyl (C=O) groups is 1. The number of aromatic nitrogens is 1. The molecule has 0 N–H and O–H groups in total. The summed E-state index contributed by atoms with van der Waals surface area (Å²) in [6.45, 7) is 3.43. The average molecular weight is 264 g/mol. The van der Waals surface area contributed by atoms with E-state index in [0.29, 0.717) is 24.3 Å². The maximum absolute atomic E-state index is 12.0. The maximum atomic E-state index is 12.0. The molecular formula is C14H20N2O3. The van der Waals surface area contributed by atoms with Gasteiger partial charge in [0.1, 0.15) is 11.8 Å². The topological polar surface area (TPSA) is 55.6 Å². The summed E-state index contributed by atoms with van der Waals surface area (Å²) < 4.78 is 10.5. The van der Waals surface area contributed by atoms with Crippen molar-refractivity contribution in [3.63, 3.8) is 0 Å². The third-order valence-corrected chi connectivity index (χ3v) is 4.44. The number of fused-ring (bicyclic) bond motifs is 1. The van der Waals surface area contributed by atoms with Gasteiger partial charge in [0.15, 0.2) is 0 Å². The second kappa shape index (κ2) is 4.96. The summed E-state index contributed by atoms with van der Waals surface area (Å²) in [4.78, 5) is 18.5. The van der Waals surface area contributed by atoms with Crippen LogP contribution in [-0.4, -0.2) is 35.5 Å². The van der Waals surface area contributed by atoms with Gasteiger partial charge >= 0.3 is 5.97 Å². The van der Waals surface area contributed by atoms with Crippen LogP contribution in [0.15, 0.2) is 10.6 Å². The molecule has 5 heteroatoms. The highest BCUT2D eigenvalue weighted by Crippen LogP contribution is 2.42. The normalized spacial score (nSPS) is 30.5. The highest BCUT2D eigenvalue weighted by Gasteiger charge is 2.48. The van der Waals surface area contributed by atoms with E-state index in [0.717, 1.165) is 18.7 Å². The van der Waals surface area contributed by atoms with E-state index in [9.17, 15) is 4.79 Å². The first-order valence-electron chi connectivity index (χ1n) is 6.92. The molecule has 3 atom stereocenters. The van der Waals surface area contributed by atoms with E-state index in [1.807, 2.05) is 6.92 Å². The Kier molecular flexibility index (Phi) is 3.31. The van der Waals surface area contributed by atoms with E-state index >= 15 is 0 Å². The molecule has 1 aliphatic carbocycles. The lowest BCUT2D eigenvalue weighted by Crippen LogP contribution is -2.40. The van der Waals surface area contributed by atoms with E-state index in [4.69, 9.17) is 9.15 Å². The van der Waals surface area contributed by atoms with Gasteiger partial charge in [0.25, 0.3) is 0 Å². The number of likely N-dealkylation sites (tertiary alicyclic amines) is 1. The molecule has 1 saturated carbocycles. The molecule has 0 bridgehead atoms. The first-order chi connectivity index (χ1) is 9.19. The quantitative estimate of drug-likeness (QED) is 0.779. The van der Waals surface area contributed by atoms with Crippen molar-refractivity contribution in [3.8, 4) is 0 Å². The number of oxazole rings is 1. The van der Waals surface area contributed by atoms with Crippen LogP contribution in [-0.2, 0) is 16.1 Å². The fourth-order valence-electron chi connectivity index (χ4n) is 3.65. The molecule has 3 rings (SSSR count). The molecule has 0 amide bonds. The van der Waals surface area contributed by atoms with Crippen LogP contribution in [0.1, 0.15) is 30.9 Å². The van der Waals surface area contributed by atoms with Gasteiger partial charge in [0.2, 0.25) is 5.89 Å². The van der Waals surface area contributed by atoms with Gasteiger partial charge in [-0.3, -0.25) is 9.69 Å². The summed E-state index contributed by atoms with van der Waals surface area (Å²) >= 11 is 0. The fourth-order valence-corrected chi connectivity index (χ4v) is 3.65. The molecule has 0 radical (unpaired) electrons. The Morgan fingerprint density at radius 1 is 1.58 bits per heavy atom. The van der Waals surface area contributed by atoms with Crippen molar-refractivity contribution in [2.24, 2.45) is 11.8 Å². The number of hydrogen-bond donors (Lipinski definition) is 0.